The van der Waals surface area contributed by atoms with Gasteiger partial charge in [-0.05, 0) is 49.1 Å². The van der Waals surface area contributed by atoms with Crippen molar-refractivity contribution in [3.8, 4) is 0 Å². The van der Waals surface area contributed by atoms with Gasteiger partial charge in [-0.2, -0.15) is 0 Å². The average molecular weight is 350 g/mol. The molecule has 3 fully saturated rings. The van der Waals surface area contributed by atoms with Gasteiger partial charge in [0.05, 0.1) is 11.8 Å². The number of aryl methyl sites for hydroxylation is 1. The van der Waals surface area contributed by atoms with Gasteiger partial charge in [0.15, 0.2) is 0 Å². The summed E-state index contributed by atoms with van der Waals surface area (Å²) in [6, 6.07) is 7.57. The minimum absolute atomic E-state index is 0.0117. The fourth-order valence-corrected chi connectivity index (χ4v) is 5.39. The second-order valence-electron chi connectivity index (χ2n) is 8.18. The number of likely N-dealkylation sites (tertiary alicyclic amines) is 1. The van der Waals surface area contributed by atoms with Crippen molar-refractivity contribution in [2.75, 3.05) is 11.6 Å². The highest BCUT2D eigenvalue weighted by Crippen LogP contribution is 2.65. The summed E-state index contributed by atoms with van der Waals surface area (Å²) in [5.74, 6) is 0.802. The predicted molar refractivity (Wildman–Crippen MR) is 95.8 cm³/mol. The van der Waals surface area contributed by atoms with E-state index in [0.717, 1.165) is 12.0 Å². The normalized spacial score (nSPS) is 36.2. The second kappa shape index (κ2) is 5.29. The zero-order chi connectivity index (χ0) is 18.2. The third kappa shape index (κ3) is 2.06. The minimum Gasteiger partial charge on any atom is -0.294 e. The molecule has 1 saturated heterocycles. The molecule has 0 N–H and O–H groups in total. The SMILES string of the molecule is CC(=O)N(CN1C(=O)C2C3C=CC(C4CC34)C2C1=O)c1ccc(C)cc1. The maximum absolute atomic E-state index is 13.1. The Morgan fingerprint density at radius 3 is 2.08 bits per heavy atom. The monoisotopic (exact) mass is 350 g/mol. The van der Waals surface area contributed by atoms with E-state index in [-0.39, 0.29) is 48.1 Å². The number of carbonyl (C=O) groups is 3. The molecule has 6 atom stereocenters. The minimum atomic E-state index is -0.215. The van der Waals surface area contributed by atoms with Gasteiger partial charge in [0.2, 0.25) is 17.7 Å². The fourth-order valence-electron chi connectivity index (χ4n) is 5.39. The molecule has 5 heteroatoms. The van der Waals surface area contributed by atoms with Gasteiger partial charge >= 0.3 is 0 Å². The van der Waals surface area contributed by atoms with Crippen LogP contribution < -0.4 is 4.90 Å². The Morgan fingerprint density at radius 2 is 1.58 bits per heavy atom. The largest absolute Gasteiger partial charge is 0.294 e. The lowest BCUT2D eigenvalue weighted by atomic mass is 9.63. The number of carbonyl (C=O) groups excluding carboxylic acids is 3. The van der Waals surface area contributed by atoms with Gasteiger partial charge in [-0.1, -0.05) is 29.8 Å². The van der Waals surface area contributed by atoms with Crippen LogP contribution >= 0.6 is 0 Å². The number of nitrogens with zero attached hydrogens (tertiary/aromatic N) is 2. The number of hydrogen-bond acceptors (Lipinski definition) is 3. The molecule has 26 heavy (non-hydrogen) atoms. The lowest BCUT2D eigenvalue weighted by molar-refractivity contribution is -0.140. The third-order valence-corrected chi connectivity index (χ3v) is 6.76. The smallest absolute Gasteiger partial charge is 0.235 e. The lowest BCUT2D eigenvalue weighted by Gasteiger charge is -2.37. The van der Waals surface area contributed by atoms with Crippen LogP contribution in [0.2, 0.25) is 0 Å². The van der Waals surface area contributed by atoms with Gasteiger partial charge in [0.25, 0.3) is 0 Å². The summed E-state index contributed by atoms with van der Waals surface area (Å²) >= 11 is 0. The van der Waals surface area contributed by atoms with E-state index < -0.39 is 0 Å². The van der Waals surface area contributed by atoms with Crippen molar-refractivity contribution in [3.63, 3.8) is 0 Å². The summed E-state index contributed by atoms with van der Waals surface area (Å²) in [7, 11) is 0. The zero-order valence-electron chi connectivity index (χ0n) is 15.0. The van der Waals surface area contributed by atoms with Crippen molar-refractivity contribution in [2.45, 2.75) is 20.3 Å². The van der Waals surface area contributed by atoms with E-state index in [4.69, 9.17) is 0 Å². The van der Waals surface area contributed by atoms with Gasteiger partial charge in [0, 0.05) is 12.6 Å². The molecule has 0 aromatic heterocycles. The molecular weight excluding hydrogens is 328 g/mol. The first-order valence-electron chi connectivity index (χ1n) is 9.35. The maximum atomic E-state index is 13.1. The summed E-state index contributed by atoms with van der Waals surface area (Å²) in [6.07, 6.45) is 5.48. The summed E-state index contributed by atoms with van der Waals surface area (Å²) < 4.78 is 0. The Labute approximate surface area is 152 Å². The second-order valence-corrected chi connectivity index (χ2v) is 8.18. The van der Waals surface area contributed by atoms with Crippen molar-refractivity contribution in [1.29, 1.82) is 0 Å². The highest BCUT2D eigenvalue weighted by molar-refractivity contribution is 6.07. The summed E-state index contributed by atoms with van der Waals surface area (Å²) in [5.41, 5.74) is 1.81. The molecule has 1 heterocycles. The highest BCUT2D eigenvalue weighted by atomic mass is 16.2. The van der Waals surface area contributed by atoms with Crippen molar-refractivity contribution in [2.24, 2.45) is 35.5 Å². The molecule has 1 aromatic rings. The molecule has 1 aliphatic heterocycles. The van der Waals surface area contributed by atoms with Gasteiger partial charge in [-0.15, -0.1) is 0 Å². The van der Waals surface area contributed by atoms with Gasteiger partial charge in [-0.3, -0.25) is 24.2 Å². The first-order valence-corrected chi connectivity index (χ1v) is 9.35. The number of allylic oxidation sites excluding steroid dienone is 2. The Hall–Kier alpha value is -2.43. The molecule has 1 aromatic carbocycles. The first kappa shape index (κ1) is 15.8. The predicted octanol–water partition coefficient (Wildman–Crippen LogP) is 2.36. The number of amides is 3. The number of rotatable bonds is 3. The summed E-state index contributed by atoms with van der Waals surface area (Å²) in [4.78, 5) is 41.2. The summed E-state index contributed by atoms with van der Waals surface area (Å²) in [6.45, 7) is 3.46. The third-order valence-electron chi connectivity index (χ3n) is 6.76. The van der Waals surface area contributed by atoms with Crippen LogP contribution in [0.3, 0.4) is 0 Å². The first-order chi connectivity index (χ1) is 12.5. The number of benzene rings is 1. The molecule has 6 unspecified atom stereocenters. The fraction of sp³-hybridized carbons (Fsp3) is 0.476. The van der Waals surface area contributed by atoms with E-state index >= 15 is 0 Å². The van der Waals surface area contributed by atoms with Crippen LogP contribution in [0.5, 0.6) is 0 Å². The number of imide groups is 1. The van der Waals surface area contributed by atoms with E-state index in [1.54, 1.807) is 0 Å². The molecule has 0 spiro atoms. The Morgan fingerprint density at radius 1 is 1.04 bits per heavy atom. The molecule has 3 amide bonds. The summed E-state index contributed by atoms with van der Waals surface area (Å²) in [5, 5.41) is 0. The molecule has 4 aliphatic carbocycles. The molecule has 5 aliphatic rings. The molecule has 134 valence electrons. The van der Waals surface area contributed by atoms with E-state index in [2.05, 4.69) is 12.2 Å². The van der Waals surface area contributed by atoms with Crippen LogP contribution in [0.25, 0.3) is 0 Å². The Balaban J connectivity index is 1.44. The van der Waals surface area contributed by atoms with E-state index in [1.807, 2.05) is 31.2 Å². The molecule has 2 bridgehead atoms. The van der Waals surface area contributed by atoms with Crippen LogP contribution in [-0.4, -0.2) is 29.3 Å². The zero-order valence-corrected chi connectivity index (χ0v) is 15.0. The Bertz CT molecular complexity index is 807. The van der Waals surface area contributed by atoms with Crippen LogP contribution in [0.15, 0.2) is 36.4 Å². The van der Waals surface area contributed by atoms with E-state index in [0.29, 0.717) is 17.5 Å². The van der Waals surface area contributed by atoms with Crippen LogP contribution in [0.4, 0.5) is 5.69 Å². The molecule has 6 rings (SSSR count). The average Bonchev–Trinajstić information content (AvgIpc) is 3.40. The Kier molecular flexibility index (Phi) is 3.21. The molecule has 2 saturated carbocycles. The van der Waals surface area contributed by atoms with Crippen molar-refractivity contribution >= 4 is 23.4 Å². The van der Waals surface area contributed by atoms with Gasteiger partial charge in [-0.25, -0.2) is 0 Å². The van der Waals surface area contributed by atoms with Crippen molar-refractivity contribution < 1.29 is 14.4 Å². The molecule has 5 nitrogen and oxygen atoms in total. The van der Waals surface area contributed by atoms with Crippen LogP contribution in [-0.2, 0) is 14.4 Å². The molecule has 0 radical (unpaired) electrons. The van der Waals surface area contributed by atoms with Gasteiger partial charge < -0.3 is 0 Å². The maximum Gasteiger partial charge on any atom is 0.235 e. The van der Waals surface area contributed by atoms with E-state index in [9.17, 15) is 14.4 Å². The molecular formula is C21H22N2O3. The van der Waals surface area contributed by atoms with E-state index in [1.165, 1.54) is 16.7 Å². The topological polar surface area (TPSA) is 57.7 Å². The van der Waals surface area contributed by atoms with Crippen LogP contribution in [0, 0.1) is 42.4 Å². The standard InChI is InChI=1S/C21H22N2O3/c1-11-3-5-13(6-4-11)22(12(2)24)10-23-20(25)18-14-7-8-15(17-9-16(14)17)19(18)21(23)26/h3-8,14-19H,9-10H2,1-2H3. The quantitative estimate of drug-likeness (QED) is 0.621. The number of hydrogen-bond donors (Lipinski definition) is 0. The highest BCUT2D eigenvalue weighted by Gasteiger charge is 2.67. The van der Waals surface area contributed by atoms with Crippen LogP contribution in [0.1, 0.15) is 18.9 Å². The van der Waals surface area contributed by atoms with Crippen molar-refractivity contribution in [3.05, 3.63) is 42.0 Å². The number of anilines is 1. The van der Waals surface area contributed by atoms with Gasteiger partial charge in [0.1, 0.15) is 6.67 Å². The van der Waals surface area contributed by atoms with Crippen molar-refractivity contribution in [1.82, 2.24) is 4.90 Å². The lowest BCUT2D eigenvalue weighted by Crippen LogP contribution is -2.44.